The van der Waals surface area contributed by atoms with Crippen molar-refractivity contribution in [1.29, 1.82) is 0 Å². The summed E-state index contributed by atoms with van der Waals surface area (Å²) in [6.07, 6.45) is 4.73. The number of nitrogens with one attached hydrogen (secondary N) is 1. The van der Waals surface area contributed by atoms with E-state index in [9.17, 15) is 8.42 Å². The maximum absolute atomic E-state index is 11.4. The van der Waals surface area contributed by atoms with Gasteiger partial charge in [0.25, 0.3) is 0 Å². The lowest BCUT2D eigenvalue weighted by Gasteiger charge is -2.17. The number of benzene rings is 1. The van der Waals surface area contributed by atoms with E-state index >= 15 is 0 Å². The van der Waals surface area contributed by atoms with Gasteiger partial charge in [-0.05, 0) is 36.4 Å². The van der Waals surface area contributed by atoms with E-state index in [1.807, 2.05) is 31.3 Å². The number of rotatable bonds is 4. The summed E-state index contributed by atoms with van der Waals surface area (Å²) >= 11 is 0. The van der Waals surface area contributed by atoms with Gasteiger partial charge >= 0.3 is 0 Å². The maximum Gasteiger partial charge on any atom is 0.175 e. The Morgan fingerprint density at radius 2 is 1.79 bits per heavy atom. The first-order valence-corrected chi connectivity index (χ1v) is 7.78. The van der Waals surface area contributed by atoms with Crippen LogP contribution in [0.2, 0.25) is 0 Å². The molecule has 19 heavy (non-hydrogen) atoms. The van der Waals surface area contributed by atoms with Crippen LogP contribution in [0, 0.1) is 0 Å². The van der Waals surface area contributed by atoms with Crippen LogP contribution < -0.4 is 5.32 Å². The Morgan fingerprint density at radius 3 is 2.26 bits per heavy atom. The van der Waals surface area contributed by atoms with E-state index in [0.29, 0.717) is 4.90 Å². The zero-order valence-corrected chi connectivity index (χ0v) is 11.7. The molecular formula is C14H16N2O2S. The average molecular weight is 276 g/mol. The van der Waals surface area contributed by atoms with Crippen molar-refractivity contribution in [3.63, 3.8) is 0 Å². The Hall–Kier alpha value is -1.72. The van der Waals surface area contributed by atoms with Crippen LogP contribution in [-0.4, -0.2) is 26.7 Å². The Kier molecular flexibility index (Phi) is 3.97. The lowest BCUT2D eigenvalue weighted by Crippen LogP contribution is -2.17. The Bertz CT molecular complexity index is 637. The summed E-state index contributed by atoms with van der Waals surface area (Å²) in [4.78, 5) is 4.43. The van der Waals surface area contributed by atoms with Gasteiger partial charge in [-0.2, -0.15) is 0 Å². The number of aromatic nitrogens is 1. The SMILES string of the molecule is CNC(c1ccc(S(C)(=O)=O)cc1)c1cccnc1. The first kappa shape index (κ1) is 13.7. The summed E-state index contributed by atoms with van der Waals surface area (Å²) in [6.45, 7) is 0. The molecule has 0 saturated carbocycles. The van der Waals surface area contributed by atoms with Crippen molar-refractivity contribution < 1.29 is 8.42 Å². The molecule has 0 aliphatic heterocycles. The minimum absolute atomic E-state index is 0.00214. The van der Waals surface area contributed by atoms with Crippen LogP contribution in [0.25, 0.3) is 0 Å². The molecule has 2 aromatic rings. The first-order valence-electron chi connectivity index (χ1n) is 5.89. The smallest absolute Gasteiger partial charge is 0.175 e. The molecule has 5 heteroatoms. The van der Waals surface area contributed by atoms with Crippen molar-refractivity contribution in [2.24, 2.45) is 0 Å². The molecule has 0 bridgehead atoms. The summed E-state index contributed by atoms with van der Waals surface area (Å²) in [5, 5.41) is 3.20. The van der Waals surface area contributed by atoms with Gasteiger partial charge in [0.15, 0.2) is 9.84 Å². The highest BCUT2D eigenvalue weighted by atomic mass is 32.2. The molecule has 4 nitrogen and oxygen atoms in total. The molecule has 100 valence electrons. The van der Waals surface area contributed by atoms with Gasteiger partial charge < -0.3 is 5.32 Å². The zero-order valence-electron chi connectivity index (χ0n) is 10.9. The van der Waals surface area contributed by atoms with Gasteiger partial charge in [0.2, 0.25) is 0 Å². The highest BCUT2D eigenvalue weighted by molar-refractivity contribution is 7.90. The highest BCUT2D eigenvalue weighted by Gasteiger charge is 2.13. The molecule has 0 radical (unpaired) electrons. The highest BCUT2D eigenvalue weighted by Crippen LogP contribution is 2.22. The molecular weight excluding hydrogens is 260 g/mol. The maximum atomic E-state index is 11.4. The fraction of sp³-hybridized carbons (Fsp3) is 0.214. The van der Waals surface area contributed by atoms with Crippen molar-refractivity contribution in [3.8, 4) is 0 Å². The fourth-order valence-corrected chi connectivity index (χ4v) is 2.61. The molecule has 0 aliphatic carbocycles. The van der Waals surface area contributed by atoms with Gasteiger partial charge in [-0.3, -0.25) is 4.98 Å². The molecule has 0 spiro atoms. The van der Waals surface area contributed by atoms with Crippen molar-refractivity contribution in [2.45, 2.75) is 10.9 Å². The van der Waals surface area contributed by atoms with Crippen LogP contribution >= 0.6 is 0 Å². The summed E-state index contributed by atoms with van der Waals surface area (Å²) in [6, 6.07) is 10.8. The van der Waals surface area contributed by atoms with Crippen molar-refractivity contribution in [3.05, 3.63) is 59.9 Å². The van der Waals surface area contributed by atoms with E-state index in [2.05, 4.69) is 10.3 Å². The van der Waals surface area contributed by atoms with Gasteiger partial charge in [-0.25, -0.2) is 8.42 Å². The summed E-state index contributed by atoms with van der Waals surface area (Å²) in [5.74, 6) is 0. The molecule has 1 aromatic heterocycles. The molecule has 0 amide bonds. The van der Waals surface area contributed by atoms with Crippen LogP contribution in [0.1, 0.15) is 17.2 Å². The van der Waals surface area contributed by atoms with Crippen molar-refractivity contribution >= 4 is 9.84 Å². The van der Waals surface area contributed by atoms with Crippen LogP contribution in [0.5, 0.6) is 0 Å². The largest absolute Gasteiger partial charge is 0.309 e. The summed E-state index contributed by atoms with van der Waals surface area (Å²) in [5.41, 5.74) is 2.04. The number of pyridine rings is 1. The molecule has 1 aromatic carbocycles. The van der Waals surface area contributed by atoms with E-state index in [1.165, 1.54) is 6.26 Å². The minimum Gasteiger partial charge on any atom is -0.309 e. The summed E-state index contributed by atoms with van der Waals surface area (Å²) < 4.78 is 22.9. The van der Waals surface area contributed by atoms with Gasteiger partial charge in [0, 0.05) is 18.6 Å². The van der Waals surface area contributed by atoms with Crippen LogP contribution in [-0.2, 0) is 9.84 Å². The topological polar surface area (TPSA) is 59.1 Å². The Labute approximate surface area is 113 Å². The first-order chi connectivity index (χ1) is 9.02. The van der Waals surface area contributed by atoms with Gasteiger partial charge in [0.1, 0.15) is 0 Å². The molecule has 0 aliphatic rings. The summed E-state index contributed by atoms with van der Waals surface area (Å²) in [7, 11) is -1.29. The van der Waals surface area contributed by atoms with Crippen molar-refractivity contribution in [1.82, 2.24) is 10.3 Å². The van der Waals surface area contributed by atoms with E-state index < -0.39 is 9.84 Å². The van der Waals surface area contributed by atoms with Crippen molar-refractivity contribution in [2.75, 3.05) is 13.3 Å². The van der Waals surface area contributed by atoms with Crippen LogP contribution in [0.15, 0.2) is 53.7 Å². The van der Waals surface area contributed by atoms with Crippen LogP contribution in [0.4, 0.5) is 0 Å². The Balaban J connectivity index is 2.35. The Morgan fingerprint density at radius 1 is 1.11 bits per heavy atom. The second-order valence-electron chi connectivity index (χ2n) is 4.35. The fourth-order valence-electron chi connectivity index (χ4n) is 1.98. The molecule has 0 fully saturated rings. The molecule has 1 atom stereocenters. The molecule has 2 rings (SSSR count). The second-order valence-corrected chi connectivity index (χ2v) is 6.36. The average Bonchev–Trinajstić information content (AvgIpc) is 2.40. The third kappa shape index (κ3) is 3.19. The lowest BCUT2D eigenvalue weighted by atomic mass is 10.0. The van der Waals surface area contributed by atoms with E-state index in [1.54, 1.807) is 24.5 Å². The molecule has 0 saturated heterocycles. The third-order valence-corrected chi connectivity index (χ3v) is 4.08. The molecule has 1 unspecified atom stereocenters. The number of hydrogen-bond acceptors (Lipinski definition) is 4. The van der Waals surface area contributed by atoms with Gasteiger partial charge in [0.05, 0.1) is 10.9 Å². The van der Waals surface area contributed by atoms with E-state index in [0.717, 1.165) is 11.1 Å². The van der Waals surface area contributed by atoms with E-state index in [4.69, 9.17) is 0 Å². The predicted octanol–water partition coefficient (Wildman–Crippen LogP) is 1.79. The van der Waals surface area contributed by atoms with E-state index in [-0.39, 0.29) is 6.04 Å². The zero-order chi connectivity index (χ0) is 13.9. The quantitative estimate of drug-likeness (QED) is 0.925. The van der Waals surface area contributed by atoms with Gasteiger partial charge in [-0.1, -0.05) is 18.2 Å². The van der Waals surface area contributed by atoms with Crippen LogP contribution in [0.3, 0.4) is 0 Å². The number of sulfone groups is 1. The minimum atomic E-state index is -3.15. The predicted molar refractivity (Wildman–Crippen MR) is 74.7 cm³/mol. The molecule has 1 heterocycles. The standard InChI is InChI=1S/C14H16N2O2S/c1-15-14(12-4-3-9-16-10-12)11-5-7-13(8-6-11)19(2,17)18/h3-10,14-15H,1-2H3. The number of hydrogen-bond donors (Lipinski definition) is 1. The third-order valence-electron chi connectivity index (χ3n) is 2.95. The molecule has 1 N–H and O–H groups in total. The second kappa shape index (κ2) is 5.50. The number of nitrogens with zero attached hydrogens (tertiary/aromatic N) is 1. The van der Waals surface area contributed by atoms with Gasteiger partial charge in [-0.15, -0.1) is 0 Å². The normalized spacial score (nSPS) is 13.2. The monoisotopic (exact) mass is 276 g/mol. The lowest BCUT2D eigenvalue weighted by molar-refractivity contribution is 0.601.